The van der Waals surface area contributed by atoms with Crippen LogP contribution in [0.15, 0.2) is 6.20 Å². The van der Waals surface area contributed by atoms with Crippen molar-refractivity contribution in [2.75, 3.05) is 18.6 Å². The van der Waals surface area contributed by atoms with Crippen LogP contribution < -0.4 is 5.32 Å². The smallest absolute Gasteiger partial charge is 0.0638 e. The van der Waals surface area contributed by atoms with Gasteiger partial charge in [0.2, 0.25) is 0 Å². The van der Waals surface area contributed by atoms with E-state index in [9.17, 15) is 0 Å². The van der Waals surface area contributed by atoms with Crippen molar-refractivity contribution in [2.24, 2.45) is 0 Å². The van der Waals surface area contributed by atoms with Gasteiger partial charge in [-0.15, -0.1) is 0 Å². The Morgan fingerprint density at radius 3 is 3.00 bits per heavy atom. The lowest BCUT2D eigenvalue weighted by molar-refractivity contribution is 0.659. The van der Waals surface area contributed by atoms with Gasteiger partial charge < -0.3 is 5.32 Å². The van der Waals surface area contributed by atoms with E-state index < -0.39 is 0 Å². The molecule has 0 fully saturated rings. The minimum atomic E-state index is 0.932. The molecule has 80 valence electrons. The van der Waals surface area contributed by atoms with E-state index in [-0.39, 0.29) is 0 Å². The van der Waals surface area contributed by atoms with E-state index in [2.05, 4.69) is 36.7 Å². The van der Waals surface area contributed by atoms with Gasteiger partial charge in [0.25, 0.3) is 0 Å². The number of aromatic nitrogens is 2. The highest BCUT2D eigenvalue weighted by molar-refractivity contribution is 7.98. The van der Waals surface area contributed by atoms with Gasteiger partial charge in [-0.3, -0.25) is 4.68 Å². The summed E-state index contributed by atoms with van der Waals surface area (Å²) in [6.07, 6.45) is 4.27. The molecule has 0 aromatic carbocycles. The zero-order chi connectivity index (χ0) is 10.4. The van der Waals surface area contributed by atoms with Gasteiger partial charge >= 0.3 is 0 Å². The van der Waals surface area contributed by atoms with E-state index in [4.69, 9.17) is 0 Å². The second-order valence-corrected chi connectivity index (χ2v) is 4.26. The largest absolute Gasteiger partial charge is 0.313 e. The Bertz CT molecular complexity index is 270. The fourth-order valence-electron chi connectivity index (χ4n) is 1.29. The first-order valence-electron chi connectivity index (χ1n) is 5.00. The second-order valence-electron chi connectivity index (χ2n) is 3.28. The molecular weight excluding hydrogens is 194 g/mol. The number of hydrogen-bond acceptors (Lipinski definition) is 3. The first-order valence-corrected chi connectivity index (χ1v) is 6.40. The molecule has 0 radical (unpaired) electrons. The fourth-order valence-corrected chi connectivity index (χ4v) is 1.66. The average Bonchev–Trinajstić information content (AvgIpc) is 2.53. The Kier molecular flexibility index (Phi) is 5.04. The van der Waals surface area contributed by atoms with Crippen LogP contribution in [0.2, 0.25) is 0 Å². The summed E-state index contributed by atoms with van der Waals surface area (Å²) in [5, 5.41) is 7.78. The van der Waals surface area contributed by atoms with Crippen molar-refractivity contribution in [1.82, 2.24) is 15.1 Å². The molecule has 0 atom stereocenters. The highest BCUT2D eigenvalue weighted by Gasteiger charge is 2.03. The SMILES string of the molecule is CCNCc1cn(CCSC)nc1C. The Hall–Kier alpha value is -0.480. The Morgan fingerprint density at radius 2 is 2.36 bits per heavy atom. The lowest BCUT2D eigenvalue weighted by Gasteiger charge is -1.98. The van der Waals surface area contributed by atoms with Crippen molar-refractivity contribution >= 4 is 11.8 Å². The normalized spacial score (nSPS) is 10.8. The van der Waals surface area contributed by atoms with Crippen LogP contribution in [-0.4, -0.2) is 28.3 Å². The monoisotopic (exact) mass is 213 g/mol. The Balaban J connectivity index is 2.53. The van der Waals surface area contributed by atoms with E-state index in [1.807, 2.05) is 16.4 Å². The van der Waals surface area contributed by atoms with E-state index in [0.717, 1.165) is 31.1 Å². The van der Waals surface area contributed by atoms with Crippen LogP contribution in [0.3, 0.4) is 0 Å². The molecule has 0 aliphatic heterocycles. The van der Waals surface area contributed by atoms with Crippen LogP contribution in [-0.2, 0) is 13.1 Å². The van der Waals surface area contributed by atoms with Crippen molar-refractivity contribution in [1.29, 1.82) is 0 Å². The predicted octanol–water partition coefficient (Wildman–Crippen LogP) is 1.66. The zero-order valence-corrected chi connectivity index (χ0v) is 10.0. The molecule has 0 amide bonds. The molecule has 14 heavy (non-hydrogen) atoms. The molecule has 3 nitrogen and oxygen atoms in total. The molecule has 1 heterocycles. The lowest BCUT2D eigenvalue weighted by atomic mass is 10.2. The summed E-state index contributed by atoms with van der Waals surface area (Å²) in [7, 11) is 0. The van der Waals surface area contributed by atoms with Crippen molar-refractivity contribution in [2.45, 2.75) is 26.9 Å². The number of aryl methyl sites for hydroxylation is 2. The summed E-state index contributed by atoms with van der Waals surface area (Å²) in [6.45, 7) is 7.14. The summed E-state index contributed by atoms with van der Waals surface area (Å²) in [5.74, 6) is 1.13. The first kappa shape index (κ1) is 11.6. The third kappa shape index (κ3) is 3.35. The van der Waals surface area contributed by atoms with Gasteiger partial charge in [-0.1, -0.05) is 6.92 Å². The van der Waals surface area contributed by atoms with Crippen LogP contribution in [0.5, 0.6) is 0 Å². The van der Waals surface area contributed by atoms with Gasteiger partial charge in [0.05, 0.1) is 5.69 Å². The van der Waals surface area contributed by atoms with E-state index in [0.29, 0.717) is 0 Å². The topological polar surface area (TPSA) is 29.9 Å². The van der Waals surface area contributed by atoms with Crippen molar-refractivity contribution in [3.05, 3.63) is 17.5 Å². The standard InChI is InChI=1S/C10H19N3S/c1-4-11-7-10-8-13(5-6-14-3)12-9(10)2/h8,11H,4-7H2,1-3H3. The van der Waals surface area contributed by atoms with Crippen LogP contribution in [0.25, 0.3) is 0 Å². The second kappa shape index (κ2) is 6.09. The third-order valence-electron chi connectivity index (χ3n) is 2.14. The molecule has 4 heteroatoms. The van der Waals surface area contributed by atoms with Crippen LogP contribution in [0, 0.1) is 6.92 Å². The van der Waals surface area contributed by atoms with Crippen molar-refractivity contribution < 1.29 is 0 Å². The van der Waals surface area contributed by atoms with E-state index in [1.54, 1.807) is 0 Å². The molecule has 0 saturated carbocycles. The Morgan fingerprint density at radius 1 is 1.57 bits per heavy atom. The van der Waals surface area contributed by atoms with Crippen molar-refractivity contribution in [3.63, 3.8) is 0 Å². The number of nitrogens with one attached hydrogen (secondary N) is 1. The molecule has 1 rings (SSSR count). The molecule has 1 N–H and O–H groups in total. The molecule has 0 bridgehead atoms. The van der Waals surface area contributed by atoms with Gasteiger partial charge in [-0.05, 0) is 19.7 Å². The molecule has 1 aromatic heterocycles. The molecule has 0 aliphatic rings. The molecule has 0 unspecified atom stereocenters. The summed E-state index contributed by atoms with van der Waals surface area (Å²) in [5.41, 5.74) is 2.46. The zero-order valence-electron chi connectivity index (χ0n) is 9.21. The summed E-state index contributed by atoms with van der Waals surface area (Å²) >= 11 is 1.85. The summed E-state index contributed by atoms with van der Waals surface area (Å²) in [4.78, 5) is 0. The number of nitrogens with zero attached hydrogens (tertiary/aromatic N) is 2. The van der Waals surface area contributed by atoms with Crippen LogP contribution in [0.4, 0.5) is 0 Å². The number of thioether (sulfide) groups is 1. The lowest BCUT2D eigenvalue weighted by Crippen LogP contribution is -2.11. The highest BCUT2D eigenvalue weighted by Crippen LogP contribution is 2.06. The maximum atomic E-state index is 4.46. The average molecular weight is 213 g/mol. The van der Waals surface area contributed by atoms with E-state index >= 15 is 0 Å². The van der Waals surface area contributed by atoms with Gasteiger partial charge in [-0.2, -0.15) is 16.9 Å². The Labute approximate surface area is 90.3 Å². The van der Waals surface area contributed by atoms with Crippen LogP contribution >= 0.6 is 11.8 Å². The predicted molar refractivity (Wildman–Crippen MR) is 62.7 cm³/mol. The summed E-state index contributed by atoms with van der Waals surface area (Å²) < 4.78 is 2.04. The highest BCUT2D eigenvalue weighted by atomic mass is 32.2. The van der Waals surface area contributed by atoms with Gasteiger partial charge in [0, 0.05) is 30.6 Å². The fraction of sp³-hybridized carbons (Fsp3) is 0.700. The third-order valence-corrected chi connectivity index (χ3v) is 2.73. The minimum absolute atomic E-state index is 0.932. The number of hydrogen-bond donors (Lipinski definition) is 1. The maximum Gasteiger partial charge on any atom is 0.0638 e. The van der Waals surface area contributed by atoms with Crippen molar-refractivity contribution in [3.8, 4) is 0 Å². The molecule has 0 saturated heterocycles. The summed E-state index contributed by atoms with van der Waals surface area (Å²) in [6, 6.07) is 0. The number of rotatable bonds is 6. The van der Waals surface area contributed by atoms with Gasteiger partial charge in [0.15, 0.2) is 0 Å². The molecule has 1 aromatic rings. The van der Waals surface area contributed by atoms with Crippen LogP contribution in [0.1, 0.15) is 18.2 Å². The van der Waals surface area contributed by atoms with E-state index in [1.165, 1.54) is 5.56 Å². The minimum Gasteiger partial charge on any atom is -0.313 e. The van der Waals surface area contributed by atoms with Gasteiger partial charge in [-0.25, -0.2) is 0 Å². The maximum absolute atomic E-state index is 4.46. The molecule has 0 spiro atoms. The molecule has 0 aliphatic carbocycles. The quantitative estimate of drug-likeness (QED) is 0.779. The first-order chi connectivity index (χ1) is 6.77. The van der Waals surface area contributed by atoms with Gasteiger partial charge in [0.1, 0.15) is 0 Å². The molecular formula is C10H19N3S.